The predicted molar refractivity (Wildman–Crippen MR) is 102 cm³/mol. The highest BCUT2D eigenvalue weighted by molar-refractivity contribution is 6.05. The fourth-order valence-electron chi connectivity index (χ4n) is 4.42. The highest BCUT2D eigenvalue weighted by Crippen LogP contribution is 2.45. The summed E-state index contributed by atoms with van der Waals surface area (Å²) in [5.41, 5.74) is 1.82. The first-order chi connectivity index (χ1) is 14.0. The van der Waals surface area contributed by atoms with Gasteiger partial charge in [0, 0.05) is 13.1 Å². The summed E-state index contributed by atoms with van der Waals surface area (Å²) in [5.74, 6) is 0.762. The molecular formula is C20H25N3O6. The Morgan fingerprint density at radius 3 is 2.52 bits per heavy atom. The molecule has 2 fully saturated rings. The molecule has 1 aromatic carbocycles. The first kappa shape index (κ1) is 19.5. The van der Waals surface area contributed by atoms with E-state index in [1.165, 1.54) is 5.56 Å². The molecule has 0 saturated carbocycles. The van der Waals surface area contributed by atoms with E-state index in [-0.39, 0.29) is 12.3 Å². The molecule has 3 aliphatic rings. The van der Waals surface area contributed by atoms with Crippen molar-refractivity contribution in [2.45, 2.75) is 37.3 Å². The van der Waals surface area contributed by atoms with Crippen molar-refractivity contribution in [2.24, 2.45) is 0 Å². The average Bonchev–Trinajstić information content (AvgIpc) is 3.04. The van der Waals surface area contributed by atoms with Gasteiger partial charge >= 0.3 is 6.03 Å². The van der Waals surface area contributed by atoms with Gasteiger partial charge in [-0.2, -0.15) is 0 Å². The molecule has 1 spiro atoms. The second-order valence-corrected chi connectivity index (χ2v) is 7.56. The molecule has 0 bridgehead atoms. The number of benzene rings is 1. The standard InChI is InChI=1S/C20H25N3O6/c1-27-15-9-12-3-8-29-20(13(12)10-16(15)28-2)4-6-23(7-5-20)17(24)11-14-18(25)22-19(26)21-14/h9-10,14H,3-8,11H2,1-2H3,(H2,21,22,25,26). The number of methoxy groups -OCH3 is 2. The van der Waals surface area contributed by atoms with Crippen LogP contribution >= 0.6 is 0 Å². The van der Waals surface area contributed by atoms with Gasteiger partial charge in [-0.25, -0.2) is 4.79 Å². The lowest BCUT2D eigenvalue weighted by Gasteiger charge is -2.45. The van der Waals surface area contributed by atoms with Crippen LogP contribution in [0.3, 0.4) is 0 Å². The molecular weight excluding hydrogens is 378 g/mol. The van der Waals surface area contributed by atoms with Crippen molar-refractivity contribution in [1.82, 2.24) is 15.5 Å². The Kier molecular flexibility index (Phi) is 5.08. The van der Waals surface area contributed by atoms with E-state index in [1.807, 2.05) is 12.1 Å². The van der Waals surface area contributed by atoms with Gasteiger partial charge in [0.1, 0.15) is 6.04 Å². The summed E-state index contributed by atoms with van der Waals surface area (Å²) < 4.78 is 17.1. The van der Waals surface area contributed by atoms with Gasteiger partial charge in [-0.1, -0.05) is 0 Å². The minimum Gasteiger partial charge on any atom is -0.493 e. The topological polar surface area (TPSA) is 106 Å². The number of carbonyl (C=O) groups excluding carboxylic acids is 3. The Labute approximate surface area is 168 Å². The number of amides is 4. The van der Waals surface area contributed by atoms with Gasteiger partial charge in [-0.05, 0) is 42.5 Å². The van der Waals surface area contributed by atoms with Gasteiger partial charge in [0.25, 0.3) is 5.91 Å². The van der Waals surface area contributed by atoms with Gasteiger partial charge < -0.3 is 24.4 Å². The van der Waals surface area contributed by atoms with Crippen LogP contribution in [0.5, 0.6) is 11.5 Å². The molecule has 9 heteroatoms. The fourth-order valence-corrected chi connectivity index (χ4v) is 4.42. The lowest BCUT2D eigenvalue weighted by atomic mass is 9.79. The normalized spacial score (nSPS) is 22.7. The zero-order valence-electron chi connectivity index (χ0n) is 16.6. The Morgan fingerprint density at radius 2 is 1.90 bits per heavy atom. The zero-order valence-corrected chi connectivity index (χ0v) is 16.6. The number of rotatable bonds is 4. The van der Waals surface area contributed by atoms with E-state index in [1.54, 1.807) is 19.1 Å². The number of carbonyl (C=O) groups is 3. The summed E-state index contributed by atoms with van der Waals surface area (Å²) in [4.78, 5) is 37.3. The van der Waals surface area contributed by atoms with Crippen molar-refractivity contribution in [3.8, 4) is 11.5 Å². The zero-order chi connectivity index (χ0) is 20.6. The molecule has 3 aliphatic heterocycles. The van der Waals surface area contributed by atoms with Crippen LogP contribution in [0.2, 0.25) is 0 Å². The summed E-state index contributed by atoms with van der Waals surface area (Å²) in [6, 6.07) is 2.65. The quantitative estimate of drug-likeness (QED) is 0.717. The maximum Gasteiger partial charge on any atom is 0.322 e. The van der Waals surface area contributed by atoms with E-state index < -0.39 is 23.6 Å². The number of hydrogen-bond acceptors (Lipinski definition) is 6. The number of likely N-dealkylation sites (tertiary alicyclic amines) is 1. The molecule has 9 nitrogen and oxygen atoms in total. The van der Waals surface area contributed by atoms with Crippen LogP contribution in [-0.2, 0) is 26.3 Å². The van der Waals surface area contributed by atoms with Crippen LogP contribution in [0.4, 0.5) is 4.79 Å². The van der Waals surface area contributed by atoms with Crippen LogP contribution < -0.4 is 20.1 Å². The van der Waals surface area contributed by atoms with Gasteiger partial charge in [-0.15, -0.1) is 0 Å². The van der Waals surface area contributed by atoms with Crippen molar-refractivity contribution in [1.29, 1.82) is 0 Å². The van der Waals surface area contributed by atoms with Crippen molar-refractivity contribution in [3.63, 3.8) is 0 Å². The molecule has 1 unspecified atom stereocenters. The third kappa shape index (κ3) is 3.50. The van der Waals surface area contributed by atoms with E-state index in [2.05, 4.69) is 10.6 Å². The Balaban J connectivity index is 1.47. The second-order valence-electron chi connectivity index (χ2n) is 7.56. The molecule has 0 aromatic heterocycles. The molecule has 156 valence electrons. The molecule has 1 aromatic rings. The van der Waals surface area contributed by atoms with Gasteiger partial charge in [0.05, 0.1) is 32.8 Å². The molecule has 4 amide bonds. The lowest BCUT2D eigenvalue weighted by molar-refractivity contribution is -0.142. The Morgan fingerprint density at radius 1 is 1.21 bits per heavy atom. The monoisotopic (exact) mass is 403 g/mol. The van der Waals surface area contributed by atoms with E-state index in [0.717, 1.165) is 12.0 Å². The third-order valence-electron chi connectivity index (χ3n) is 6.01. The van der Waals surface area contributed by atoms with Crippen LogP contribution in [0.25, 0.3) is 0 Å². The number of fused-ring (bicyclic) bond motifs is 2. The van der Waals surface area contributed by atoms with Crippen molar-refractivity contribution in [3.05, 3.63) is 23.3 Å². The summed E-state index contributed by atoms with van der Waals surface area (Å²) in [7, 11) is 3.23. The van der Waals surface area contributed by atoms with E-state index >= 15 is 0 Å². The van der Waals surface area contributed by atoms with Crippen LogP contribution in [0, 0.1) is 0 Å². The Hall–Kier alpha value is -2.81. The molecule has 2 N–H and O–H groups in total. The smallest absolute Gasteiger partial charge is 0.322 e. The van der Waals surface area contributed by atoms with Crippen molar-refractivity contribution >= 4 is 17.8 Å². The number of piperidine rings is 1. The summed E-state index contributed by atoms with van der Waals surface area (Å²) in [5, 5.41) is 4.62. The van der Waals surface area contributed by atoms with E-state index in [9.17, 15) is 14.4 Å². The van der Waals surface area contributed by atoms with Crippen LogP contribution in [0.15, 0.2) is 12.1 Å². The van der Waals surface area contributed by atoms with E-state index in [4.69, 9.17) is 14.2 Å². The third-order valence-corrected chi connectivity index (χ3v) is 6.01. The summed E-state index contributed by atoms with van der Waals surface area (Å²) >= 11 is 0. The van der Waals surface area contributed by atoms with Crippen LogP contribution in [0.1, 0.15) is 30.4 Å². The van der Waals surface area contributed by atoms with Gasteiger partial charge in [0.15, 0.2) is 11.5 Å². The van der Waals surface area contributed by atoms with Gasteiger partial charge in [0.2, 0.25) is 5.91 Å². The lowest BCUT2D eigenvalue weighted by Crippen LogP contribution is -2.49. The molecule has 0 radical (unpaired) electrons. The predicted octanol–water partition coefficient (Wildman–Crippen LogP) is 0.692. The molecule has 2 saturated heterocycles. The van der Waals surface area contributed by atoms with Crippen LogP contribution in [-0.4, -0.2) is 62.7 Å². The summed E-state index contributed by atoms with van der Waals surface area (Å²) in [6.45, 7) is 1.66. The van der Waals surface area contributed by atoms with Gasteiger partial charge in [-0.3, -0.25) is 14.9 Å². The minimum absolute atomic E-state index is 0.0347. The highest BCUT2D eigenvalue weighted by Gasteiger charge is 2.43. The average molecular weight is 403 g/mol. The number of urea groups is 1. The molecule has 1 atom stereocenters. The van der Waals surface area contributed by atoms with Crippen molar-refractivity contribution in [2.75, 3.05) is 33.9 Å². The second kappa shape index (κ2) is 7.55. The number of hydrogen-bond donors (Lipinski definition) is 2. The number of nitrogens with zero attached hydrogens (tertiary/aromatic N) is 1. The highest BCUT2D eigenvalue weighted by atomic mass is 16.5. The summed E-state index contributed by atoms with van der Waals surface area (Å²) in [6.07, 6.45) is 2.08. The fraction of sp³-hybridized carbons (Fsp3) is 0.550. The maximum atomic E-state index is 12.6. The SMILES string of the molecule is COc1cc2c(cc1OC)C1(CCN(C(=O)CC3NC(=O)NC3=O)CC1)OCC2. The maximum absolute atomic E-state index is 12.6. The number of ether oxygens (including phenoxy) is 3. The Bertz CT molecular complexity index is 847. The van der Waals surface area contributed by atoms with Crippen molar-refractivity contribution < 1.29 is 28.6 Å². The van der Waals surface area contributed by atoms with E-state index in [0.29, 0.717) is 44.0 Å². The molecule has 4 rings (SSSR count). The number of imide groups is 1. The molecule has 0 aliphatic carbocycles. The first-order valence-corrected chi connectivity index (χ1v) is 9.74. The number of nitrogens with one attached hydrogen (secondary N) is 2. The largest absolute Gasteiger partial charge is 0.493 e. The minimum atomic E-state index is -0.797. The molecule has 3 heterocycles. The molecule has 29 heavy (non-hydrogen) atoms. The first-order valence-electron chi connectivity index (χ1n) is 9.74.